The molecule has 0 saturated heterocycles. The van der Waals surface area contributed by atoms with Gasteiger partial charge in [0, 0.05) is 12.2 Å². The minimum atomic E-state index is -0.421. The number of anilines is 1. The molecule has 0 radical (unpaired) electrons. The summed E-state index contributed by atoms with van der Waals surface area (Å²) >= 11 is 0. The molecule has 1 atom stereocenters. The lowest BCUT2D eigenvalue weighted by Gasteiger charge is -2.24. The van der Waals surface area contributed by atoms with Crippen molar-refractivity contribution in [2.24, 2.45) is 16.4 Å². The Labute approximate surface area is 119 Å². The number of hydrogen-bond acceptors (Lipinski definition) is 6. The number of carbonyl (C=O) groups excluding carboxylic acids is 1. The van der Waals surface area contributed by atoms with E-state index >= 15 is 0 Å². The Morgan fingerprint density at radius 1 is 1.35 bits per heavy atom. The van der Waals surface area contributed by atoms with E-state index in [1.165, 1.54) is 0 Å². The van der Waals surface area contributed by atoms with E-state index in [2.05, 4.69) is 24.3 Å². The van der Waals surface area contributed by atoms with E-state index in [-0.39, 0.29) is 0 Å². The highest BCUT2D eigenvalue weighted by Crippen LogP contribution is 2.21. The Morgan fingerprint density at radius 2 is 2.05 bits per heavy atom. The van der Waals surface area contributed by atoms with E-state index in [4.69, 9.17) is 5.73 Å². The molecule has 0 saturated carbocycles. The van der Waals surface area contributed by atoms with Gasteiger partial charge in [-0.15, -0.1) is 0 Å². The second-order valence-corrected chi connectivity index (χ2v) is 5.53. The molecule has 2 N–H and O–H groups in total. The van der Waals surface area contributed by atoms with Crippen molar-refractivity contribution in [3.05, 3.63) is 29.3 Å². The molecule has 0 bridgehead atoms. The Bertz CT molecular complexity index is 514. The van der Waals surface area contributed by atoms with Crippen LogP contribution in [0.5, 0.6) is 0 Å². The topological polar surface area (TPSA) is 74.3 Å². The van der Waals surface area contributed by atoms with Gasteiger partial charge in [-0.3, -0.25) is 4.79 Å². The zero-order valence-corrected chi connectivity index (χ0v) is 12.2. The molecular formula is C14H21N5O. The van der Waals surface area contributed by atoms with E-state index in [0.29, 0.717) is 19.0 Å². The molecule has 2 rings (SSSR count). The molecule has 1 aliphatic rings. The van der Waals surface area contributed by atoms with E-state index in [1.54, 1.807) is 10.0 Å². The van der Waals surface area contributed by atoms with Crippen molar-refractivity contribution in [3.8, 4) is 0 Å². The van der Waals surface area contributed by atoms with E-state index in [0.717, 1.165) is 23.1 Å². The number of carbonyl (C=O) groups is 1. The molecule has 20 heavy (non-hydrogen) atoms. The molecule has 1 aliphatic heterocycles. The first-order chi connectivity index (χ1) is 9.51. The maximum absolute atomic E-state index is 11.3. The fourth-order valence-electron chi connectivity index (χ4n) is 2.17. The van der Waals surface area contributed by atoms with Gasteiger partial charge in [0.25, 0.3) is 0 Å². The third-order valence-corrected chi connectivity index (χ3v) is 3.23. The Morgan fingerprint density at radius 3 is 2.65 bits per heavy atom. The van der Waals surface area contributed by atoms with Crippen molar-refractivity contribution in [2.45, 2.75) is 33.5 Å². The molecule has 0 spiro atoms. The molecule has 1 unspecified atom stereocenters. The van der Waals surface area contributed by atoms with Crippen LogP contribution in [0.2, 0.25) is 0 Å². The number of nitrogen functional groups attached to an aromatic ring is 1. The lowest BCUT2D eigenvalue weighted by Crippen LogP contribution is -2.40. The van der Waals surface area contributed by atoms with Crippen molar-refractivity contribution in [3.63, 3.8) is 0 Å². The highest BCUT2D eigenvalue weighted by atomic mass is 16.1. The minimum Gasteiger partial charge on any atom is -0.399 e. The van der Waals surface area contributed by atoms with Crippen LogP contribution in [-0.4, -0.2) is 29.0 Å². The summed E-state index contributed by atoms with van der Waals surface area (Å²) in [6.45, 7) is 7.39. The average Bonchev–Trinajstić information content (AvgIpc) is 2.75. The first kappa shape index (κ1) is 14.3. The number of nitrogens with zero attached hydrogens (tertiary/aromatic N) is 4. The van der Waals surface area contributed by atoms with Gasteiger partial charge >= 0.3 is 0 Å². The molecular weight excluding hydrogens is 254 g/mol. The van der Waals surface area contributed by atoms with Gasteiger partial charge in [-0.1, -0.05) is 36.4 Å². The van der Waals surface area contributed by atoms with Crippen molar-refractivity contribution >= 4 is 12.0 Å². The van der Waals surface area contributed by atoms with Crippen LogP contribution in [0, 0.1) is 12.8 Å². The van der Waals surface area contributed by atoms with Crippen LogP contribution in [0.15, 0.2) is 28.6 Å². The van der Waals surface area contributed by atoms with Gasteiger partial charge in [0.1, 0.15) is 0 Å². The SMILES string of the molecule is Cc1cc(CN2N=NN(CC(C)C)C2C=O)ccc1N. The molecule has 0 aliphatic carbocycles. The van der Waals surface area contributed by atoms with Gasteiger partial charge in [0.15, 0.2) is 12.5 Å². The summed E-state index contributed by atoms with van der Waals surface area (Å²) in [5, 5.41) is 11.6. The molecule has 0 aromatic heterocycles. The van der Waals surface area contributed by atoms with Crippen molar-refractivity contribution in [2.75, 3.05) is 12.3 Å². The molecule has 108 valence electrons. The predicted octanol–water partition coefficient (Wildman–Crippen LogP) is 2.16. The summed E-state index contributed by atoms with van der Waals surface area (Å²) in [5.41, 5.74) is 8.67. The van der Waals surface area contributed by atoms with Crippen LogP contribution in [0.25, 0.3) is 0 Å². The van der Waals surface area contributed by atoms with E-state index < -0.39 is 6.17 Å². The normalized spacial score (nSPS) is 18.1. The second kappa shape index (κ2) is 5.90. The van der Waals surface area contributed by atoms with Gasteiger partial charge in [0.05, 0.1) is 6.54 Å². The van der Waals surface area contributed by atoms with Crippen LogP contribution in [-0.2, 0) is 11.3 Å². The van der Waals surface area contributed by atoms with Crippen LogP contribution in [0.4, 0.5) is 5.69 Å². The monoisotopic (exact) mass is 275 g/mol. The van der Waals surface area contributed by atoms with Gasteiger partial charge in [0.2, 0.25) is 0 Å². The zero-order valence-electron chi connectivity index (χ0n) is 12.2. The summed E-state index contributed by atoms with van der Waals surface area (Å²) in [4.78, 5) is 11.3. The summed E-state index contributed by atoms with van der Waals surface area (Å²) in [7, 11) is 0. The Hall–Kier alpha value is -2.11. The summed E-state index contributed by atoms with van der Waals surface area (Å²) < 4.78 is 0. The van der Waals surface area contributed by atoms with Gasteiger partial charge < -0.3 is 5.73 Å². The van der Waals surface area contributed by atoms with Crippen LogP contribution in [0.1, 0.15) is 25.0 Å². The van der Waals surface area contributed by atoms with E-state index in [1.807, 2.05) is 25.1 Å². The maximum Gasteiger partial charge on any atom is 0.193 e. The number of aldehydes is 1. The fraction of sp³-hybridized carbons (Fsp3) is 0.500. The first-order valence-electron chi connectivity index (χ1n) is 6.76. The maximum atomic E-state index is 11.3. The summed E-state index contributed by atoms with van der Waals surface area (Å²) in [5.74, 6) is 0.426. The van der Waals surface area contributed by atoms with Crippen LogP contribution < -0.4 is 5.73 Å². The van der Waals surface area contributed by atoms with E-state index in [9.17, 15) is 4.79 Å². The van der Waals surface area contributed by atoms with Crippen molar-refractivity contribution in [1.29, 1.82) is 0 Å². The number of rotatable bonds is 5. The van der Waals surface area contributed by atoms with Crippen LogP contribution in [0.3, 0.4) is 0 Å². The molecule has 1 aromatic carbocycles. The highest BCUT2D eigenvalue weighted by molar-refractivity contribution is 5.57. The Kier molecular flexibility index (Phi) is 4.22. The molecule has 6 nitrogen and oxygen atoms in total. The largest absolute Gasteiger partial charge is 0.399 e. The second-order valence-electron chi connectivity index (χ2n) is 5.53. The fourth-order valence-corrected chi connectivity index (χ4v) is 2.17. The Balaban J connectivity index is 2.07. The zero-order chi connectivity index (χ0) is 14.7. The summed E-state index contributed by atoms with van der Waals surface area (Å²) in [6, 6.07) is 5.84. The lowest BCUT2D eigenvalue weighted by atomic mass is 10.1. The number of benzene rings is 1. The minimum absolute atomic E-state index is 0.421. The van der Waals surface area contributed by atoms with Gasteiger partial charge in [-0.2, -0.15) is 0 Å². The quantitative estimate of drug-likeness (QED) is 0.660. The number of aryl methyl sites for hydroxylation is 1. The van der Waals surface area contributed by atoms with Crippen LogP contribution >= 0.6 is 0 Å². The van der Waals surface area contributed by atoms with Crippen molar-refractivity contribution in [1.82, 2.24) is 10.0 Å². The standard InChI is InChI=1S/C14H21N5O/c1-10(2)7-18-14(9-20)19(17-16-18)8-12-4-5-13(15)11(3)6-12/h4-6,9-10,14H,7-8,15H2,1-3H3. The number of hydrogen-bond donors (Lipinski definition) is 1. The first-order valence-corrected chi connectivity index (χ1v) is 6.76. The smallest absolute Gasteiger partial charge is 0.193 e. The third-order valence-electron chi connectivity index (χ3n) is 3.23. The highest BCUT2D eigenvalue weighted by Gasteiger charge is 2.29. The number of nitrogens with two attached hydrogens (primary N) is 1. The molecule has 0 amide bonds. The molecule has 1 aromatic rings. The van der Waals surface area contributed by atoms with Crippen molar-refractivity contribution < 1.29 is 4.79 Å². The lowest BCUT2D eigenvalue weighted by molar-refractivity contribution is -0.116. The molecule has 1 heterocycles. The van der Waals surface area contributed by atoms with Gasteiger partial charge in [-0.05, 0) is 30.0 Å². The van der Waals surface area contributed by atoms with Gasteiger partial charge in [-0.25, -0.2) is 10.0 Å². The average molecular weight is 275 g/mol. The third kappa shape index (κ3) is 3.07. The summed E-state index contributed by atoms with van der Waals surface area (Å²) in [6.07, 6.45) is 0.460. The predicted molar refractivity (Wildman–Crippen MR) is 77.4 cm³/mol. The molecule has 0 fully saturated rings. The molecule has 6 heteroatoms.